The van der Waals surface area contributed by atoms with Crippen molar-refractivity contribution in [2.24, 2.45) is 0 Å². The van der Waals surface area contributed by atoms with Crippen LogP contribution in [0.4, 0.5) is 5.69 Å². The van der Waals surface area contributed by atoms with E-state index in [-0.39, 0.29) is 5.97 Å². The van der Waals surface area contributed by atoms with E-state index in [0.717, 1.165) is 21.9 Å². The number of benzene rings is 1. The summed E-state index contributed by atoms with van der Waals surface area (Å²) in [5.74, 6) is 0.363. The zero-order valence-corrected chi connectivity index (χ0v) is 11.3. The van der Waals surface area contributed by atoms with E-state index >= 15 is 0 Å². The first-order valence-electron chi connectivity index (χ1n) is 5.70. The lowest BCUT2D eigenvalue weighted by Crippen LogP contribution is -2.03. The van der Waals surface area contributed by atoms with Crippen LogP contribution in [0.2, 0.25) is 0 Å². The van der Waals surface area contributed by atoms with Gasteiger partial charge in [-0.15, -0.1) is 11.8 Å². The molecule has 0 aliphatic carbocycles. The van der Waals surface area contributed by atoms with Crippen LogP contribution in [0.25, 0.3) is 0 Å². The molecule has 1 aromatic heterocycles. The first-order valence-corrected chi connectivity index (χ1v) is 6.69. The van der Waals surface area contributed by atoms with Crippen molar-refractivity contribution in [1.82, 2.24) is 4.98 Å². The number of carbonyl (C=O) groups excluding carboxylic acids is 1. The van der Waals surface area contributed by atoms with Crippen LogP contribution in [-0.4, -0.2) is 18.1 Å². The van der Waals surface area contributed by atoms with Crippen molar-refractivity contribution in [3.63, 3.8) is 0 Å². The van der Waals surface area contributed by atoms with E-state index in [9.17, 15) is 4.79 Å². The maximum absolute atomic E-state index is 11.6. The number of rotatable bonds is 4. The molecule has 2 N–H and O–H groups in total. The molecule has 0 spiro atoms. The Hall–Kier alpha value is -2.01. The number of anilines is 1. The van der Waals surface area contributed by atoms with E-state index in [1.807, 2.05) is 30.3 Å². The van der Waals surface area contributed by atoms with Crippen LogP contribution >= 0.6 is 11.8 Å². The topological polar surface area (TPSA) is 65.2 Å². The van der Waals surface area contributed by atoms with Crippen molar-refractivity contribution in [3.05, 3.63) is 53.9 Å². The van der Waals surface area contributed by atoms with Crippen molar-refractivity contribution < 1.29 is 9.53 Å². The predicted molar refractivity (Wildman–Crippen MR) is 76.0 cm³/mol. The molecule has 2 aromatic rings. The molecule has 1 aromatic carbocycles. The molecule has 1 heterocycles. The van der Waals surface area contributed by atoms with Crippen molar-refractivity contribution in [2.45, 2.75) is 10.6 Å². The second-order valence-electron chi connectivity index (χ2n) is 3.90. The average Bonchev–Trinajstić information content (AvgIpc) is 2.45. The number of nitrogens with two attached hydrogens (primary N) is 1. The zero-order chi connectivity index (χ0) is 13.7. The highest BCUT2D eigenvalue weighted by atomic mass is 32.2. The molecule has 2 rings (SSSR count). The van der Waals surface area contributed by atoms with Gasteiger partial charge < -0.3 is 10.5 Å². The van der Waals surface area contributed by atoms with Crippen molar-refractivity contribution in [1.29, 1.82) is 0 Å². The number of nitrogen functional groups attached to an aromatic ring is 1. The Morgan fingerprint density at radius 3 is 3.00 bits per heavy atom. The second kappa shape index (κ2) is 6.24. The van der Waals surface area contributed by atoms with Gasteiger partial charge in [-0.05, 0) is 23.8 Å². The monoisotopic (exact) mass is 274 g/mol. The Balaban J connectivity index is 2.13. The summed E-state index contributed by atoms with van der Waals surface area (Å²) >= 11 is 1.56. The van der Waals surface area contributed by atoms with Gasteiger partial charge in [-0.1, -0.05) is 12.1 Å². The summed E-state index contributed by atoms with van der Waals surface area (Å²) in [6.45, 7) is 0. The number of methoxy groups -OCH3 is 1. The van der Waals surface area contributed by atoms with E-state index in [4.69, 9.17) is 10.5 Å². The Morgan fingerprint density at radius 2 is 2.26 bits per heavy atom. The Bertz CT molecular complexity index is 587. The average molecular weight is 274 g/mol. The van der Waals surface area contributed by atoms with Gasteiger partial charge in [-0.25, -0.2) is 4.79 Å². The van der Waals surface area contributed by atoms with E-state index in [2.05, 4.69) is 4.98 Å². The van der Waals surface area contributed by atoms with Gasteiger partial charge in [0.2, 0.25) is 0 Å². The van der Waals surface area contributed by atoms with Gasteiger partial charge in [0.1, 0.15) is 0 Å². The lowest BCUT2D eigenvalue weighted by Gasteiger charge is -2.07. The first-order chi connectivity index (χ1) is 9.20. The van der Waals surface area contributed by atoms with Crippen LogP contribution in [0.15, 0.2) is 47.6 Å². The van der Waals surface area contributed by atoms with E-state index in [1.165, 1.54) is 13.3 Å². The van der Waals surface area contributed by atoms with Crippen LogP contribution in [0.1, 0.15) is 15.9 Å². The third-order valence-corrected chi connectivity index (χ3v) is 3.68. The molecule has 0 amide bonds. The predicted octanol–water partition coefficient (Wildman–Crippen LogP) is 2.74. The maximum atomic E-state index is 11.6. The van der Waals surface area contributed by atoms with Crippen LogP contribution in [0, 0.1) is 0 Å². The summed E-state index contributed by atoms with van der Waals surface area (Å²) in [5, 5.41) is 0. The Morgan fingerprint density at radius 1 is 1.42 bits per heavy atom. The van der Waals surface area contributed by atoms with Gasteiger partial charge in [-0.2, -0.15) is 0 Å². The quantitative estimate of drug-likeness (QED) is 0.527. The van der Waals surface area contributed by atoms with Gasteiger partial charge in [-0.3, -0.25) is 4.98 Å². The molecule has 5 heteroatoms. The number of hydrogen-bond acceptors (Lipinski definition) is 5. The molecular weight excluding hydrogens is 260 g/mol. The number of esters is 1. The highest BCUT2D eigenvalue weighted by molar-refractivity contribution is 7.98. The molecule has 0 atom stereocenters. The molecule has 0 saturated carbocycles. The van der Waals surface area contributed by atoms with Crippen molar-refractivity contribution >= 4 is 23.4 Å². The summed E-state index contributed by atoms with van der Waals surface area (Å²) in [6, 6.07) is 9.50. The molecule has 0 fully saturated rings. The Kier molecular flexibility index (Phi) is 4.41. The van der Waals surface area contributed by atoms with Crippen LogP contribution < -0.4 is 5.73 Å². The van der Waals surface area contributed by atoms with Crippen LogP contribution in [0.5, 0.6) is 0 Å². The molecule has 98 valence electrons. The number of hydrogen-bond donors (Lipinski definition) is 1. The third kappa shape index (κ3) is 3.48. The molecule has 0 unspecified atom stereocenters. The minimum absolute atomic E-state index is 0.372. The first kappa shape index (κ1) is 13.4. The molecule has 0 saturated heterocycles. The Labute approximate surface area is 116 Å². The number of carbonyl (C=O) groups is 1. The van der Waals surface area contributed by atoms with Gasteiger partial charge in [0, 0.05) is 28.7 Å². The SMILES string of the molecule is COC(=O)c1cnccc1SCc1cccc(N)c1. The van der Waals surface area contributed by atoms with Crippen molar-refractivity contribution in [3.8, 4) is 0 Å². The van der Waals surface area contributed by atoms with Gasteiger partial charge in [0.05, 0.1) is 12.7 Å². The van der Waals surface area contributed by atoms with E-state index in [1.54, 1.807) is 18.0 Å². The lowest BCUT2D eigenvalue weighted by molar-refractivity contribution is 0.0596. The van der Waals surface area contributed by atoms with Crippen LogP contribution in [0.3, 0.4) is 0 Å². The van der Waals surface area contributed by atoms with Gasteiger partial charge in [0.15, 0.2) is 0 Å². The number of thioether (sulfide) groups is 1. The molecular formula is C14H14N2O2S. The summed E-state index contributed by atoms with van der Waals surface area (Å²) < 4.78 is 4.74. The number of nitrogens with zero attached hydrogens (tertiary/aromatic N) is 1. The largest absolute Gasteiger partial charge is 0.465 e. The molecule has 0 aliphatic heterocycles. The fourth-order valence-electron chi connectivity index (χ4n) is 1.61. The van der Waals surface area contributed by atoms with Gasteiger partial charge in [0.25, 0.3) is 0 Å². The molecule has 0 aliphatic rings. The molecule has 0 radical (unpaired) electrons. The van der Waals surface area contributed by atoms with Crippen LogP contribution in [-0.2, 0) is 10.5 Å². The van der Waals surface area contributed by atoms with E-state index in [0.29, 0.717) is 5.56 Å². The number of aromatic nitrogens is 1. The summed E-state index contributed by atoms with van der Waals surface area (Å²) in [4.78, 5) is 16.4. The minimum Gasteiger partial charge on any atom is -0.465 e. The fourth-order valence-corrected chi connectivity index (χ4v) is 2.57. The third-order valence-electron chi connectivity index (χ3n) is 2.53. The highest BCUT2D eigenvalue weighted by Crippen LogP contribution is 2.26. The van der Waals surface area contributed by atoms with Gasteiger partial charge >= 0.3 is 5.97 Å². The smallest absolute Gasteiger partial charge is 0.340 e. The second-order valence-corrected chi connectivity index (χ2v) is 4.91. The summed E-state index contributed by atoms with van der Waals surface area (Å²) in [7, 11) is 1.36. The highest BCUT2D eigenvalue weighted by Gasteiger charge is 2.12. The minimum atomic E-state index is -0.372. The standard InChI is InChI=1S/C14H14N2O2S/c1-18-14(17)12-8-16-6-5-13(12)19-9-10-3-2-4-11(15)7-10/h2-8H,9,15H2,1H3. The normalized spacial score (nSPS) is 10.2. The zero-order valence-electron chi connectivity index (χ0n) is 10.5. The van der Waals surface area contributed by atoms with E-state index < -0.39 is 0 Å². The number of pyridine rings is 1. The lowest BCUT2D eigenvalue weighted by atomic mass is 10.2. The maximum Gasteiger partial charge on any atom is 0.340 e. The summed E-state index contributed by atoms with van der Waals surface area (Å²) in [6.07, 6.45) is 3.18. The van der Waals surface area contributed by atoms with Crippen molar-refractivity contribution in [2.75, 3.05) is 12.8 Å². The summed E-state index contributed by atoms with van der Waals surface area (Å²) in [5.41, 5.74) is 8.06. The number of ether oxygens (including phenoxy) is 1. The molecule has 0 bridgehead atoms. The fraction of sp³-hybridized carbons (Fsp3) is 0.143. The molecule has 4 nitrogen and oxygen atoms in total. The molecule has 19 heavy (non-hydrogen) atoms.